The van der Waals surface area contributed by atoms with Crippen LogP contribution in [0, 0.1) is 22.7 Å². The van der Waals surface area contributed by atoms with Gasteiger partial charge in [0, 0.05) is 12.3 Å². The molecule has 0 amide bonds. The Bertz CT molecular complexity index is 370. The van der Waals surface area contributed by atoms with Crippen LogP contribution in [-0.4, -0.2) is 11.6 Å². The van der Waals surface area contributed by atoms with Gasteiger partial charge in [-0.15, -0.1) is 0 Å². The van der Waals surface area contributed by atoms with Gasteiger partial charge in [-0.05, 0) is 17.4 Å². The number of aromatic nitrogens is 1. The molecule has 0 aliphatic carbocycles. The van der Waals surface area contributed by atoms with Gasteiger partial charge in [-0.2, -0.15) is 5.26 Å². The fourth-order valence-electron chi connectivity index (χ4n) is 0.992. The largest absolute Gasteiger partial charge is 0.477 e. The van der Waals surface area contributed by atoms with E-state index in [2.05, 4.69) is 32.7 Å². The van der Waals surface area contributed by atoms with Gasteiger partial charge in [-0.3, -0.25) is 0 Å². The van der Waals surface area contributed by atoms with E-state index in [-0.39, 0.29) is 5.41 Å². The Balaban J connectivity index is 2.53. The van der Waals surface area contributed by atoms with Gasteiger partial charge in [0.2, 0.25) is 5.88 Å². The van der Waals surface area contributed by atoms with Gasteiger partial charge < -0.3 is 4.74 Å². The maximum absolute atomic E-state index is 8.62. The lowest BCUT2D eigenvalue weighted by molar-refractivity contribution is 0.157. The van der Waals surface area contributed by atoms with Crippen molar-refractivity contribution in [1.82, 2.24) is 4.98 Å². The molecule has 0 aliphatic rings. The molecule has 0 fully saturated rings. The number of nitrogens with zero attached hydrogens (tertiary/aromatic N) is 2. The fourth-order valence-corrected chi connectivity index (χ4v) is 0.992. The first-order valence-electron chi connectivity index (χ1n) is 5.42. The maximum atomic E-state index is 8.62. The van der Waals surface area contributed by atoms with Crippen molar-refractivity contribution in [2.45, 2.75) is 27.7 Å². The Morgan fingerprint density at radius 2 is 2.12 bits per heavy atom. The Hall–Kier alpha value is -1.56. The highest BCUT2D eigenvalue weighted by Gasteiger charge is 2.20. The van der Waals surface area contributed by atoms with Gasteiger partial charge in [0.15, 0.2) is 0 Å². The fraction of sp³-hybridized carbons (Fsp3) is 0.538. The van der Waals surface area contributed by atoms with E-state index in [1.807, 2.05) is 6.07 Å². The number of pyridine rings is 1. The first-order chi connectivity index (χ1) is 7.43. The zero-order chi connectivity index (χ0) is 12.2. The van der Waals surface area contributed by atoms with Crippen molar-refractivity contribution in [3.63, 3.8) is 0 Å². The van der Waals surface area contributed by atoms with E-state index in [1.165, 1.54) is 6.20 Å². The van der Waals surface area contributed by atoms with Crippen LogP contribution >= 0.6 is 0 Å². The van der Waals surface area contributed by atoms with Crippen LogP contribution in [0.15, 0.2) is 18.3 Å². The van der Waals surface area contributed by atoms with Crippen molar-refractivity contribution in [2.24, 2.45) is 11.3 Å². The molecular weight excluding hydrogens is 200 g/mol. The van der Waals surface area contributed by atoms with Gasteiger partial charge in [0.05, 0.1) is 12.2 Å². The molecule has 3 nitrogen and oxygen atoms in total. The third-order valence-electron chi connectivity index (χ3n) is 2.83. The Morgan fingerprint density at radius 3 is 2.56 bits per heavy atom. The van der Waals surface area contributed by atoms with Crippen LogP contribution in [0.1, 0.15) is 33.3 Å². The molecule has 0 saturated carbocycles. The molecule has 0 radical (unpaired) electrons. The summed E-state index contributed by atoms with van der Waals surface area (Å²) < 4.78 is 5.57. The van der Waals surface area contributed by atoms with Crippen LogP contribution < -0.4 is 4.74 Å². The number of nitriles is 1. The second-order valence-electron chi connectivity index (χ2n) is 5.07. The van der Waals surface area contributed by atoms with E-state index >= 15 is 0 Å². The molecule has 1 aromatic rings. The van der Waals surface area contributed by atoms with E-state index < -0.39 is 0 Å². The summed E-state index contributed by atoms with van der Waals surface area (Å²) in [4.78, 5) is 4.06. The van der Waals surface area contributed by atoms with Crippen LogP contribution in [0.5, 0.6) is 5.88 Å². The van der Waals surface area contributed by atoms with Crippen molar-refractivity contribution in [3.05, 3.63) is 23.9 Å². The van der Waals surface area contributed by atoms with Crippen LogP contribution in [0.2, 0.25) is 0 Å². The van der Waals surface area contributed by atoms with Crippen molar-refractivity contribution < 1.29 is 4.74 Å². The molecule has 16 heavy (non-hydrogen) atoms. The van der Waals surface area contributed by atoms with Crippen LogP contribution in [-0.2, 0) is 0 Å². The SMILES string of the molecule is CC(COc1ccc(C#N)cn1)C(C)(C)C. The zero-order valence-corrected chi connectivity index (χ0v) is 10.3. The molecule has 1 heterocycles. The number of ether oxygens (including phenoxy) is 1. The van der Waals surface area contributed by atoms with Crippen molar-refractivity contribution in [3.8, 4) is 11.9 Å². The van der Waals surface area contributed by atoms with Crippen LogP contribution in [0.4, 0.5) is 0 Å². The molecule has 86 valence electrons. The van der Waals surface area contributed by atoms with E-state index in [0.29, 0.717) is 24.0 Å². The second-order valence-corrected chi connectivity index (χ2v) is 5.07. The minimum atomic E-state index is 0.229. The molecule has 0 saturated heterocycles. The van der Waals surface area contributed by atoms with Crippen molar-refractivity contribution in [2.75, 3.05) is 6.61 Å². The predicted molar refractivity (Wildman–Crippen MR) is 63.1 cm³/mol. The number of hydrogen-bond donors (Lipinski definition) is 0. The van der Waals surface area contributed by atoms with Gasteiger partial charge in [0.1, 0.15) is 6.07 Å². The topological polar surface area (TPSA) is 45.9 Å². The summed E-state index contributed by atoms with van der Waals surface area (Å²) in [6, 6.07) is 5.47. The molecule has 1 atom stereocenters. The van der Waals surface area contributed by atoms with Gasteiger partial charge in [-0.25, -0.2) is 4.98 Å². The minimum absolute atomic E-state index is 0.229. The summed E-state index contributed by atoms with van der Waals surface area (Å²) in [5.41, 5.74) is 0.781. The van der Waals surface area contributed by atoms with E-state index in [1.54, 1.807) is 12.1 Å². The zero-order valence-electron chi connectivity index (χ0n) is 10.3. The minimum Gasteiger partial charge on any atom is -0.477 e. The monoisotopic (exact) mass is 218 g/mol. The summed E-state index contributed by atoms with van der Waals surface area (Å²) in [5.74, 6) is 1.03. The van der Waals surface area contributed by atoms with E-state index in [0.717, 1.165) is 0 Å². The number of hydrogen-bond acceptors (Lipinski definition) is 3. The standard InChI is InChI=1S/C13H18N2O/c1-10(13(2,3)4)9-16-12-6-5-11(7-14)8-15-12/h5-6,8,10H,9H2,1-4H3. The van der Waals surface area contributed by atoms with E-state index in [9.17, 15) is 0 Å². The molecule has 3 heteroatoms. The van der Waals surface area contributed by atoms with Crippen molar-refractivity contribution >= 4 is 0 Å². The summed E-state index contributed by atoms with van der Waals surface area (Å²) in [7, 11) is 0. The Kier molecular flexibility index (Phi) is 3.89. The molecule has 0 bridgehead atoms. The Morgan fingerprint density at radius 1 is 1.44 bits per heavy atom. The summed E-state index contributed by atoms with van der Waals surface area (Å²) in [6.07, 6.45) is 1.52. The van der Waals surface area contributed by atoms with E-state index in [4.69, 9.17) is 10.00 Å². The second kappa shape index (κ2) is 4.98. The molecule has 0 spiro atoms. The lowest BCUT2D eigenvalue weighted by Gasteiger charge is -2.26. The van der Waals surface area contributed by atoms with Crippen LogP contribution in [0.25, 0.3) is 0 Å². The summed E-state index contributed by atoms with van der Waals surface area (Å²) in [6.45, 7) is 9.36. The highest BCUT2D eigenvalue weighted by atomic mass is 16.5. The first-order valence-corrected chi connectivity index (χ1v) is 5.42. The first kappa shape index (κ1) is 12.5. The number of rotatable bonds is 3. The molecule has 1 unspecified atom stereocenters. The average molecular weight is 218 g/mol. The van der Waals surface area contributed by atoms with Gasteiger partial charge >= 0.3 is 0 Å². The third kappa shape index (κ3) is 3.54. The quantitative estimate of drug-likeness (QED) is 0.783. The van der Waals surface area contributed by atoms with Gasteiger partial charge in [-0.1, -0.05) is 27.7 Å². The lowest BCUT2D eigenvalue weighted by atomic mass is 9.83. The van der Waals surface area contributed by atoms with Crippen molar-refractivity contribution in [1.29, 1.82) is 5.26 Å². The highest BCUT2D eigenvalue weighted by molar-refractivity contribution is 5.28. The smallest absolute Gasteiger partial charge is 0.213 e. The highest BCUT2D eigenvalue weighted by Crippen LogP contribution is 2.25. The Labute approximate surface area is 97.1 Å². The normalized spacial score (nSPS) is 12.9. The lowest BCUT2D eigenvalue weighted by Crippen LogP contribution is -2.23. The average Bonchev–Trinajstić information content (AvgIpc) is 2.25. The van der Waals surface area contributed by atoms with Crippen LogP contribution in [0.3, 0.4) is 0 Å². The molecule has 0 N–H and O–H groups in total. The summed E-state index contributed by atoms with van der Waals surface area (Å²) in [5, 5.41) is 8.62. The molecule has 1 aromatic heterocycles. The maximum Gasteiger partial charge on any atom is 0.213 e. The molecule has 1 rings (SSSR count). The summed E-state index contributed by atoms with van der Waals surface area (Å²) >= 11 is 0. The predicted octanol–water partition coefficient (Wildman–Crippen LogP) is 3.01. The van der Waals surface area contributed by atoms with Gasteiger partial charge in [0.25, 0.3) is 0 Å². The third-order valence-corrected chi connectivity index (χ3v) is 2.83. The molecule has 0 aromatic carbocycles. The molecule has 0 aliphatic heterocycles. The molecular formula is C13H18N2O.